The number of rotatable bonds is 3. The summed E-state index contributed by atoms with van der Waals surface area (Å²) < 4.78 is 27.4. The number of carbonyl (C=O) groups is 1. The molecule has 0 aromatic heterocycles. The Morgan fingerprint density at radius 1 is 1.13 bits per heavy atom. The summed E-state index contributed by atoms with van der Waals surface area (Å²) in [5, 5.41) is 0. The van der Waals surface area contributed by atoms with Crippen LogP contribution in [0.2, 0.25) is 0 Å². The minimum Gasteiger partial charge on any atom is -0.295 e. The fourth-order valence-corrected chi connectivity index (χ4v) is 4.58. The number of nitrogens with zero attached hydrogens (tertiary/aromatic N) is 1. The molecule has 0 fully saturated rings. The van der Waals surface area contributed by atoms with Gasteiger partial charge in [-0.15, -0.1) is 0 Å². The van der Waals surface area contributed by atoms with Crippen molar-refractivity contribution in [1.29, 1.82) is 0 Å². The van der Waals surface area contributed by atoms with Crippen LogP contribution in [0.15, 0.2) is 53.4 Å². The molecule has 1 unspecified atom stereocenters. The molecule has 0 N–H and O–H groups in total. The van der Waals surface area contributed by atoms with Gasteiger partial charge >= 0.3 is 0 Å². The second-order valence-corrected chi connectivity index (χ2v) is 7.92. The average molecular weight is 329 g/mol. The number of hydrogen-bond acceptors (Lipinski definition) is 3. The molecule has 0 aliphatic carbocycles. The first-order valence-electron chi connectivity index (χ1n) is 7.58. The first-order chi connectivity index (χ1) is 10.9. The zero-order valence-corrected chi connectivity index (χ0v) is 14.0. The van der Waals surface area contributed by atoms with Crippen LogP contribution in [0.4, 0.5) is 0 Å². The van der Waals surface area contributed by atoms with E-state index in [2.05, 4.69) is 6.07 Å². The molecule has 0 saturated carbocycles. The van der Waals surface area contributed by atoms with Crippen LogP contribution in [0.25, 0.3) is 0 Å². The van der Waals surface area contributed by atoms with Crippen LogP contribution < -0.4 is 0 Å². The first-order valence-corrected chi connectivity index (χ1v) is 9.02. The van der Waals surface area contributed by atoms with E-state index in [4.69, 9.17) is 0 Å². The third kappa shape index (κ3) is 2.94. The summed E-state index contributed by atoms with van der Waals surface area (Å²) in [6.45, 7) is 4.29. The Labute approximate surface area is 136 Å². The SMILES string of the molecule is CC(=O)c1cccc(S(=O)(=O)N2Cc3ccccc3C(C)C2)c1. The lowest BCUT2D eigenvalue weighted by atomic mass is 9.92. The Morgan fingerprint density at radius 2 is 1.87 bits per heavy atom. The third-order valence-electron chi connectivity index (χ3n) is 4.29. The zero-order valence-electron chi connectivity index (χ0n) is 13.2. The number of ketones is 1. The van der Waals surface area contributed by atoms with Crippen LogP contribution in [0.5, 0.6) is 0 Å². The van der Waals surface area contributed by atoms with Gasteiger partial charge in [0, 0.05) is 18.7 Å². The predicted octanol–water partition coefficient (Wildman–Crippen LogP) is 3.20. The first kappa shape index (κ1) is 15.9. The van der Waals surface area contributed by atoms with Gasteiger partial charge in [0.25, 0.3) is 0 Å². The van der Waals surface area contributed by atoms with Crippen molar-refractivity contribution >= 4 is 15.8 Å². The summed E-state index contributed by atoms with van der Waals surface area (Å²) in [4.78, 5) is 11.7. The third-order valence-corrected chi connectivity index (χ3v) is 6.10. The lowest BCUT2D eigenvalue weighted by Crippen LogP contribution is -2.37. The van der Waals surface area contributed by atoms with Gasteiger partial charge in [-0.1, -0.05) is 43.3 Å². The highest BCUT2D eigenvalue weighted by Gasteiger charge is 2.31. The van der Waals surface area contributed by atoms with Crippen molar-refractivity contribution in [3.05, 3.63) is 65.2 Å². The van der Waals surface area contributed by atoms with Crippen molar-refractivity contribution in [2.45, 2.75) is 31.2 Å². The molecule has 0 saturated heterocycles. The van der Waals surface area contributed by atoms with E-state index in [0.29, 0.717) is 18.7 Å². The number of fused-ring (bicyclic) bond motifs is 1. The molecule has 0 amide bonds. The Hall–Kier alpha value is -1.98. The Balaban J connectivity index is 1.98. The van der Waals surface area contributed by atoms with Crippen LogP contribution in [0.3, 0.4) is 0 Å². The van der Waals surface area contributed by atoms with Gasteiger partial charge < -0.3 is 0 Å². The van der Waals surface area contributed by atoms with Crippen molar-refractivity contribution < 1.29 is 13.2 Å². The molecule has 120 valence electrons. The van der Waals surface area contributed by atoms with Crippen molar-refractivity contribution in [3.8, 4) is 0 Å². The number of sulfonamides is 1. The molecule has 0 spiro atoms. The molecule has 1 heterocycles. The van der Waals surface area contributed by atoms with Crippen molar-refractivity contribution in [1.82, 2.24) is 4.31 Å². The van der Waals surface area contributed by atoms with Gasteiger partial charge in [-0.3, -0.25) is 4.79 Å². The average Bonchev–Trinajstić information content (AvgIpc) is 2.55. The van der Waals surface area contributed by atoms with E-state index in [-0.39, 0.29) is 16.6 Å². The molecule has 0 bridgehead atoms. The second-order valence-electron chi connectivity index (χ2n) is 5.98. The quantitative estimate of drug-likeness (QED) is 0.813. The van der Waals surface area contributed by atoms with Gasteiger partial charge in [0.15, 0.2) is 5.78 Å². The predicted molar refractivity (Wildman–Crippen MR) is 88.9 cm³/mol. The highest BCUT2D eigenvalue weighted by molar-refractivity contribution is 7.89. The van der Waals surface area contributed by atoms with E-state index in [1.54, 1.807) is 18.2 Å². The van der Waals surface area contributed by atoms with Crippen molar-refractivity contribution in [2.24, 2.45) is 0 Å². The van der Waals surface area contributed by atoms with E-state index >= 15 is 0 Å². The smallest absolute Gasteiger partial charge is 0.243 e. The van der Waals surface area contributed by atoms with E-state index in [0.717, 1.165) is 5.56 Å². The monoisotopic (exact) mass is 329 g/mol. The minimum absolute atomic E-state index is 0.139. The fourth-order valence-electron chi connectivity index (χ4n) is 3.03. The molecule has 1 atom stereocenters. The maximum atomic E-state index is 12.9. The van der Waals surface area contributed by atoms with Gasteiger partial charge in [-0.05, 0) is 36.1 Å². The summed E-state index contributed by atoms with van der Waals surface area (Å²) in [6, 6.07) is 14.2. The van der Waals surface area contributed by atoms with Gasteiger partial charge in [0.1, 0.15) is 0 Å². The number of benzene rings is 2. The number of Topliss-reactive ketones (excluding diaryl/α,β-unsaturated/α-hetero) is 1. The number of carbonyl (C=O) groups excluding carboxylic acids is 1. The highest BCUT2D eigenvalue weighted by atomic mass is 32.2. The minimum atomic E-state index is -3.61. The lowest BCUT2D eigenvalue weighted by Gasteiger charge is -2.32. The normalized spacial score (nSPS) is 18.4. The molecule has 5 heteroatoms. The molecule has 1 aliphatic rings. The Morgan fingerprint density at radius 3 is 2.61 bits per heavy atom. The van der Waals surface area contributed by atoms with E-state index < -0.39 is 10.0 Å². The molecular weight excluding hydrogens is 310 g/mol. The van der Waals surface area contributed by atoms with Gasteiger partial charge in [0.2, 0.25) is 10.0 Å². The van der Waals surface area contributed by atoms with Crippen LogP contribution >= 0.6 is 0 Å². The topological polar surface area (TPSA) is 54.5 Å². The van der Waals surface area contributed by atoms with Gasteiger partial charge in [-0.2, -0.15) is 4.31 Å². The molecule has 23 heavy (non-hydrogen) atoms. The Bertz CT molecular complexity index is 858. The standard InChI is InChI=1S/C18H19NO3S/c1-13-11-19(12-16-6-3-4-9-18(13)16)23(21,22)17-8-5-7-15(10-17)14(2)20/h3-10,13H,11-12H2,1-2H3. The Kier molecular flexibility index (Phi) is 4.08. The van der Waals surface area contributed by atoms with Gasteiger partial charge in [-0.25, -0.2) is 8.42 Å². The van der Waals surface area contributed by atoms with Crippen LogP contribution in [-0.4, -0.2) is 25.1 Å². The maximum absolute atomic E-state index is 12.9. The van der Waals surface area contributed by atoms with Crippen LogP contribution in [0.1, 0.15) is 41.3 Å². The van der Waals surface area contributed by atoms with Crippen molar-refractivity contribution in [3.63, 3.8) is 0 Å². The fraction of sp³-hybridized carbons (Fsp3) is 0.278. The summed E-state index contributed by atoms with van der Waals surface area (Å²) in [5.74, 6) is 0.00474. The van der Waals surface area contributed by atoms with E-state index in [1.807, 2.05) is 25.1 Å². The summed E-state index contributed by atoms with van der Waals surface area (Å²) in [5.41, 5.74) is 2.66. The molecule has 3 rings (SSSR count). The molecule has 1 aliphatic heterocycles. The highest BCUT2D eigenvalue weighted by Crippen LogP contribution is 2.31. The summed E-state index contributed by atoms with van der Waals surface area (Å²) in [7, 11) is -3.61. The molecule has 2 aromatic rings. The maximum Gasteiger partial charge on any atom is 0.243 e. The van der Waals surface area contributed by atoms with Crippen molar-refractivity contribution in [2.75, 3.05) is 6.54 Å². The van der Waals surface area contributed by atoms with E-state index in [1.165, 1.54) is 22.9 Å². The zero-order chi connectivity index (χ0) is 16.6. The largest absolute Gasteiger partial charge is 0.295 e. The van der Waals surface area contributed by atoms with Crippen LogP contribution in [-0.2, 0) is 16.6 Å². The number of hydrogen-bond donors (Lipinski definition) is 0. The van der Waals surface area contributed by atoms with Gasteiger partial charge in [0.05, 0.1) is 4.90 Å². The van der Waals surface area contributed by atoms with Crippen LogP contribution in [0, 0.1) is 0 Å². The summed E-state index contributed by atoms with van der Waals surface area (Å²) in [6.07, 6.45) is 0. The molecule has 0 radical (unpaired) electrons. The molecule has 2 aromatic carbocycles. The molecular formula is C18H19NO3S. The summed E-state index contributed by atoms with van der Waals surface area (Å²) >= 11 is 0. The van der Waals surface area contributed by atoms with E-state index in [9.17, 15) is 13.2 Å². The molecule has 4 nitrogen and oxygen atoms in total. The second kappa shape index (κ2) is 5.91. The lowest BCUT2D eigenvalue weighted by molar-refractivity contribution is 0.101.